The molecular formula is C31H36Cl3N3O4S. The molecule has 226 valence electrons. The first-order chi connectivity index (χ1) is 19.8. The maximum Gasteiger partial charge on any atom is 0.264 e. The Hall–Kier alpha value is -2.78. The van der Waals surface area contributed by atoms with E-state index >= 15 is 0 Å². The number of benzene rings is 3. The lowest BCUT2D eigenvalue weighted by Gasteiger charge is -2.34. The summed E-state index contributed by atoms with van der Waals surface area (Å²) >= 11 is 19.0. The lowest BCUT2D eigenvalue weighted by Crippen LogP contribution is -2.53. The first-order valence-corrected chi connectivity index (χ1v) is 16.2. The minimum Gasteiger partial charge on any atom is -0.352 e. The smallest absolute Gasteiger partial charge is 0.264 e. The van der Waals surface area contributed by atoms with E-state index < -0.39 is 28.5 Å². The normalized spacial score (nSPS) is 12.9. The second-order valence-corrected chi connectivity index (χ2v) is 13.4. The molecular weight excluding hydrogens is 617 g/mol. The zero-order valence-corrected chi connectivity index (χ0v) is 27.4. The van der Waals surface area contributed by atoms with Gasteiger partial charge in [0.05, 0.1) is 10.6 Å². The van der Waals surface area contributed by atoms with E-state index in [0.29, 0.717) is 33.5 Å². The van der Waals surface area contributed by atoms with Crippen molar-refractivity contribution in [2.45, 2.75) is 71.0 Å². The first-order valence-electron chi connectivity index (χ1n) is 13.7. The van der Waals surface area contributed by atoms with Gasteiger partial charge in [-0.3, -0.25) is 13.9 Å². The summed E-state index contributed by atoms with van der Waals surface area (Å²) in [6, 6.07) is 15.1. The average Bonchev–Trinajstić information content (AvgIpc) is 2.94. The van der Waals surface area contributed by atoms with Crippen LogP contribution in [-0.4, -0.2) is 43.8 Å². The van der Waals surface area contributed by atoms with Crippen molar-refractivity contribution in [2.75, 3.05) is 10.8 Å². The van der Waals surface area contributed by atoms with Gasteiger partial charge < -0.3 is 10.2 Å². The molecule has 0 saturated heterocycles. The van der Waals surface area contributed by atoms with E-state index in [-0.39, 0.29) is 29.1 Å². The van der Waals surface area contributed by atoms with Crippen molar-refractivity contribution >= 4 is 62.3 Å². The number of amides is 2. The van der Waals surface area contributed by atoms with Crippen LogP contribution in [0.3, 0.4) is 0 Å². The largest absolute Gasteiger partial charge is 0.352 e. The highest BCUT2D eigenvalue weighted by Crippen LogP contribution is 2.29. The molecule has 0 heterocycles. The van der Waals surface area contributed by atoms with Crippen LogP contribution in [0.2, 0.25) is 15.1 Å². The fourth-order valence-electron chi connectivity index (χ4n) is 4.30. The van der Waals surface area contributed by atoms with E-state index in [2.05, 4.69) is 5.32 Å². The maximum atomic E-state index is 14.2. The number of halogens is 3. The van der Waals surface area contributed by atoms with Crippen LogP contribution >= 0.6 is 34.8 Å². The molecule has 3 aromatic carbocycles. The third kappa shape index (κ3) is 8.19. The Morgan fingerprint density at radius 3 is 2.12 bits per heavy atom. The van der Waals surface area contributed by atoms with Crippen molar-refractivity contribution in [3.63, 3.8) is 0 Å². The zero-order chi connectivity index (χ0) is 31.2. The Labute approximate surface area is 263 Å². The van der Waals surface area contributed by atoms with E-state index in [1.807, 2.05) is 20.8 Å². The lowest BCUT2D eigenvalue weighted by atomic mass is 10.1. The van der Waals surface area contributed by atoms with Crippen LogP contribution in [0.1, 0.15) is 50.3 Å². The van der Waals surface area contributed by atoms with Crippen molar-refractivity contribution in [1.82, 2.24) is 10.2 Å². The standard InChI is InChI=1S/C31H36Cl3N3O4S/c1-6-22(5)35-31(39)29(7-2)36(18-23-11-12-24(32)16-28(23)34)30(38)19-37(25-13-10-21(4)27(33)17-25)42(40,41)26-14-8-20(3)9-15-26/h8-17,22,29H,6-7,18-19H2,1-5H3,(H,35,39)/t22-,29-/m1/s1. The Bertz CT molecular complexity index is 1530. The third-order valence-electron chi connectivity index (χ3n) is 7.07. The highest BCUT2D eigenvalue weighted by Gasteiger charge is 2.34. The van der Waals surface area contributed by atoms with Crippen molar-refractivity contribution in [3.8, 4) is 0 Å². The summed E-state index contributed by atoms with van der Waals surface area (Å²) in [5.41, 5.74) is 2.43. The Morgan fingerprint density at radius 1 is 0.881 bits per heavy atom. The van der Waals surface area contributed by atoms with Gasteiger partial charge in [0.2, 0.25) is 11.8 Å². The summed E-state index contributed by atoms with van der Waals surface area (Å²) in [5.74, 6) is -0.920. The molecule has 11 heteroatoms. The predicted molar refractivity (Wildman–Crippen MR) is 171 cm³/mol. The van der Waals surface area contributed by atoms with Gasteiger partial charge in [0.25, 0.3) is 10.0 Å². The maximum absolute atomic E-state index is 14.2. The molecule has 1 N–H and O–H groups in total. The lowest BCUT2D eigenvalue weighted by molar-refractivity contribution is -0.140. The minimum absolute atomic E-state index is 0.0199. The van der Waals surface area contributed by atoms with Crippen LogP contribution < -0.4 is 9.62 Å². The van der Waals surface area contributed by atoms with Crippen LogP contribution in [0.25, 0.3) is 0 Å². The van der Waals surface area contributed by atoms with Gasteiger partial charge in [-0.1, -0.05) is 78.5 Å². The molecule has 0 aliphatic carbocycles. The topological polar surface area (TPSA) is 86.8 Å². The van der Waals surface area contributed by atoms with Gasteiger partial charge in [-0.05, 0) is 81.1 Å². The van der Waals surface area contributed by atoms with Gasteiger partial charge in [-0.15, -0.1) is 0 Å². The summed E-state index contributed by atoms with van der Waals surface area (Å²) in [6.07, 6.45) is 0.996. The number of rotatable bonds is 12. The average molecular weight is 653 g/mol. The van der Waals surface area contributed by atoms with Crippen LogP contribution in [-0.2, 0) is 26.2 Å². The number of carbonyl (C=O) groups excluding carboxylic acids is 2. The number of carbonyl (C=O) groups is 2. The summed E-state index contributed by atoms with van der Waals surface area (Å²) in [7, 11) is -4.21. The van der Waals surface area contributed by atoms with E-state index in [1.165, 1.54) is 23.1 Å². The molecule has 0 aliphatic rings. The molecule has 0 fully saturated rings. The monoisotopic (exact) mass is 651 g/mol. The molecule has 0 aromatic heterocycles. The highest BCUT2D eigenvalue weighted by molar-refractivity contribution is 7.92. The van der Waals surface area contributed by atoms with Gasteiger partial charge in [0.15, 0.2) is 0 Å². The van der Waals surface area contributed by atoms with Gasteiger partial charge in [-0.25, -0.2) is 8.42 Å². The van der Waals surface area contributed by atoms with Gasteiger partial charge in [-0.2, -0.15) is 0 Å². The molecule has 0 radical (unpaired) electrons. The summed E-state index contributed by atoms with van der Waals surface area (Å²) in [4.78, 5) is 29.0. The summed E-state index contributed by atoms with van der Waals surface area (Å²) in [6.45, 7) is 8.67. The van der Waals surface area contributed by atoms with Crippen molar-refractivity contribution < 1.29 is 18.0 Å². The number of hydrogen-bond acceptors (Lipinski definition) is 4. The molecule has 0 aliphatic heterocycles. The molecule has 3 rings (SSSR count). The fraction of sp³-hybridized carbons (Fsp3) is 0.355. The summed E-state index contributed by atoms with van der Waals surface area (Å²) < 4.78 is 29.0. The Kier molecular flexibility index (Phi) is 11.7. The zero-order valence-electron chi connectivity index (χ0n) is 24.3. The molecule has 0 saturated carbocycles. The van der Waals surface area contributed by atoms with Crippen LogP contribution in [0, 0.1) is 13.8 Å². The first kappa shape index (κ1) is 33.7. The van der Waals surface area contributed by atoms with Crippen molar-refractivity contribution in [2.24, 2.45) is 0 Å². The molecule has 3 aromatic rings. The third-order valence-corrected chi connectivity index (χ3v) is 9.86. The number of nitrogens with one attached hydrogen (secondary N) is 1. The van der Waals surface area contributed by atoms with Gasteiger partial charge in [0.1, 0.15) is 12.6 Å². The molecule has 7 nitrogen and oxygen atoms in total. The van der Waals surface area contributed by atoms with E-state index in [1.54, 1.807) is 56.3 Å². The van der Waals surface area contributed by atoms with Crippen LogP contribution in [0.15, 0.2) is 65.6 Å². The van der Waals surface area contributed by atoms with E-state index in [4.69, 9.17) is 34.8 Å². The number of nitrogens with zero attached hydrogens (tertiary/aromatic N) is 2. The molecule has 0 unspecified atom stereocenters. The quantitative estimate of drug-likeness (QED) is 0.225. The van der Waals surface area contributed by atoms with Gasteiger partial charge in [0, 0.05) is 27.7 Å². The fourth-order valence-corrected chi connectivity index (χ4v) is 6.35. The molecule has 0 bridgehead atoms. The van der Waals surface area contributed by atoms with Gasteiger partial charge >= 0.3 is 0 Å². The summed E-state index contributed by atoms with van der Waals surface area (Å²) in [5, 5.41) is 4.06. The number of anilines is 1. The van der Waals surface area contributed by atoms with E-state index in [0.717, 1.165) is 15.4 Å². The number of aryl methyl sites for hydroxylation is 2. The van der Waals surface area contributed by atoms with Crippen molar-refractivity contribution in [3.05, 3.63) is 92.4 Å². The molecule has 42 heavy (non-hydrogen) atoms. The van der Waals surface area contributed by atoms with Crippen LogP contribution in [0.4, 0.5) is 5.69 Å². The van der Waals surface area contributed by atoms with Crippen molar-refractivity contribution in [1.29, 1.82) is 0 Å². The second kappa shape index (κ2) is 14.6. The predicted octanol–water partition coefficient (Wildman–Crippen LogP) is 7.18. The number of sulfonamides is 1. The molecule has 2 amide bonds. The van der Waals surface area contributed by atoms with Crippen LogP contribution in [0.5, 0.6) is 0 Å². The molecule has 0 spiro atoms. The highest BCUT2D eigenvalue weighted by atomic mass is 35.5. The SMILES string of the molecule is CC[C@@H](C)NC(=O)[C@@H](CC)N(Cc1ccc(Cl)cc1Cl)C(=O)CN(c1ccc(C)c(Cl)c1)S(=O)(=O)c1ccc(C)cc1. The Balaban J connectivity index is 2.11. The number of hydrogen-bond donors (Lipinski definition) is 1. The molecule has 2 atom stereocenters. The minimum atomic E-state index is -4.21. The van der Waals surface area contributed by atoms with E-state index in [9.17, 15) is 18.0 Å². The second-order valence-electron chi connectivity index (χ2n) is 10.3. The Morgan fingerprint density at radius 2 is 1.55 bits per heavy atom.